The number of aliphatic hydroxyl groups is 2. The van der Waals surface area contributed by atoms with Crippen LogP contribution < -0.4 is 5.32 Å². The van der Waals surface area contributed by atoms with Crippen molar-refractivity contribution < 1.29 is 10.2 Å². The largest absolute Gasteiger partial charge is 0.396 e. The van der Waals surface area contributed by atoms with Crippen LogP contribution in [0.4, 0.5) is 0 Å². The Bertz CT molecular complexity index is 286. The van der Waals surface area contributed by atoms with Crippen LogP contribution >= 0.6 is 0 Å². The molecule has 0 saturated heterocycles. The maximum atomic E-state index is 9.09. The average Bonchev–Trinajstić information content (AvgIpc) is 2.36. The maximum absolute atomic E-state index is 9.09. The topological polar surface area (TPSA) is 65.4 Å². The lowest BCUT2D eigenvalue weighted by Gasteiger charge is -2.24. The molecule has 1 heterocycles. The Morgan fingerprint density at radius 1 is 1.38 bits per heavy atom. The van der Waals surface area contributed by atoms with Crippen molar-refractivity contribution in [2.24, 2.45) is 5.41 Å². The number of nitrogens with zero attached hydrogens (tertiary/aromatic N) is 1. The first-order valence-electron chi connectivity index (χ1n) is 5.51. The van der Waals surface area contributed by atoms with E-state index < -0.39 is 5.41 Å². The van der Waals surface area contributed by atoms with Gasteiger partial charge in [0.1, 0.15) is 0 Å². The lowest BCUT2D eigenvalue weighted by molar-refractivity contribution is 0.0700. The lowest BCUT2D eigenvalue weighted by atomic mass is 9.93. The molecule has 1 aromatic rings. The third-order valence-electron chi connectivity index (χ3n) is 2.63. The SMILES string of the molecule is CC(CO)(CO)CNCCc1cccnc1. The van der Waals surface area contributed by atoms with Crippen molar-refractivity contribution in [1.82, 2.24) is 10.3 Å². The summed E-state index contributed by atoms with van der Waals surface area (Å²) in [6.45, 7) is 3.26. The molecule has 0 fully saturated rings. The molecular weight excluding hydrogens is 204 g/mol. The van der Waals surface area contributed by atoms with Gasteiger partial charge in [-0.1, -0.05) is 13.0 Å². The molecule has 0 aliphatic rings. The summed E-state index contributed by atoms with van der Waals surface area (Å²) in [7, 11) is 0. The van der Waals surface area contributed by atoms with Crippen LogP contribution in [0.5, 0.6) is 0 Å². The van der Waals surface area contributed by atoms with Crippen LogP contribution in [-0.2, 0) is 6.42 Å². The molecule has 1 rings (SSSR count). The molecule has 0 atom stereocenters. The van der Waals surface area contributed by atoms with E-state index in [1.54, 1.807) is 6.20 Å². The van der Waals surface area contributed by atoms with E-state index in [4.69, 9.17) is 10.2 Å². The number of hydrogen-bond donors (Lipinski definition) is 3. The first-order chi connectivity index (χ1) is 7.70. The second-order valence-corrected chi connectivity index (χ2v) is 4.41. The van der Waals surface area contributed by atoms with Crippen molar-refractivity contribution in [3.8, 4) is 0 Å². The fourth-order valence-electron chi connectivity index (χ4n) is 1.33. The van der Waals surface area contributed by atoms with E-state index in [0.717, 1.165) is 13.0 Å². The number of nitrogens with one attached hydrogen (secondary N) is 1. The van der Waals surface area contributed by atoms with Gasteiger partial charge in [0.15, 0.2) is 0 Å². The fourth-order valence-corrected chi connectivity index (χ4v) is 1.33. The van der Waals surface area contributed by atoms with Crippen molar-refractivity contribution in [3.05, 3.63) is 30.1 Å². The molecule has 0 aromatic carbocycles. The molecule has 4 heteroatoms. The van der Waals surface area contributed by atoms with Gasteiger partial charge in [-0.25, -0.2) is 0 Å². The van der Waals surface area contributed by atoms with Crippen molar-refractivity contribution in [3.63, 3.8) is 0 Å². The summed E-state index contributed by atoms with van der Waals surface area (Å²) >= 11 is 0. The van der Waals surface area contributed by atoms with Gasteiger partial charge >= 0.3 is 0 Å². The van der Waals surface area contributed by atoms with Gasteiger partial charge < -0.3 is 15.5 Å². The number of pyridine rings is 1. The summed E-state index contributed by atoms with van der Waals surface area (Å²) in [6, 6.07) is 3.95. The Labute approximate surface area is 96.3 Å². The van der Waals surface area contributed by atoms with Crippen molar-refractivity contribution in [2.45, 2.75) is 13.3 Å². The Kier molecular flexibility index (Phi) is 5.38. The van der Waals surface area contributed by atoms with Crippen molar-refractivity contribution >= 4 is 0 Å². The van der Waals surface area contributed by atoms with E-state index in [-0.39, 0.29) is 13.2 Å². The first kappa shape index (κ1) is 13.1. The zero-order valence-corrected chi connectivity index (χ0v) is 9.69. The second kappa shape index (κ2) is 6.58. The average molecular weight is 224 g/mol. The van der Waals surface area contributed by atoms with E-state index in [1.807, 2.05) is 25.3 Å². The first-order valence-corrected chi connectivity index (χ1v) is 5.51. The van der Waals surface area contributed by atoms with Crippen LogP contribution in [0, 0.1) is 5.41 Å². The highest BCUT2D eigenvalue weighted by Gasteiger charge is 2.21. The maximum Gasteiger partial charge on any atom is 0.0518 e. The third kappa shape index (κ3) is 4.26. The van der Waals surface area contributed by atoms with Crippen LogP contribution in [0.2, 0.25) is 0 Å². The molecule has 0 bridgehead atoms. The van der Waals surface area contributed by atoms with Gasteiger partial charge in [0.2, 0.25) is 0 Å². The van der Waals surface area contributed by atoms with Gasteiger partial charge in [-0.2, -0.15) is 0 Å². The monoisotopic (exact) mass is 224 g/mol. The predicted octanol–water partition coefficient (Wildman–Crippen LogP) is 0.205. The van der Waals surface area contributed by atoms with Gasteiger partial charge in [0.05, 0.1) is 13.2 Å². The molecule has 4 nitrogen and oxygen atoms in total. The molecule has 0 aliphatic carbocycles. The van der Waals surface area contributed by atoms with Gasteiger partial charge in [-0.15, -0.1) is 0 Å². The minimum absolute atomic E-state index is 0.0105. The minimum atomic E-state index is -0.436. The minimum Gasteiger partial charge on any atom is -0.396 e. The predicted molar refractivity (Wildman–Crippen MR) is 63.1 cm³/mol. The number of aromatic nitrogens is 1. The molecule has 90 valence electrons. The standard InChI is InChI=1S/C12H20N2O2/c1-12(9-15,10-16)8-14-6-4-11-3-2-5-13-7-11/h2-3,5,7,14-16H,4,6,8-10H2,1H3. The fraction of sp³-hybridized carbons (Fsp3) is 0.583. The van der Waals surface area contributed by atoms with Crippen LogP contribution in [0.3, 0.4) is 0 Å². The van der Waals surface area contributed by atoms with E-state index in [1.165, 1.54) is 5.56 Å². The van der Waals surface area contributed by atoms with Crippen molar-refractivity contribution in [1.29, 1.82) is 0 Å². The zero-order chi connectivity index (χ0) is 11.9. The molecule has 0 unspecified atom stereocenters. The zero-order valence-electron chi connectivity index (χ0n) is 9.69. The smallest absolute Gasteiger partial charge is 0.0518 e. The van der Waals surface area contributed by atoms with Gasteiger partial charge in [-0.3, -0.25) is 4.98 Å². The number of hydrogen-bond acceptors (Lipinski definition) is 4. The van der Waals surface area contributed by atoms with Gasteiger partial charge in [-0.05, 0) is 24.6 Å². The highest BCUT2D eigenvalue weighted by molar-refractivity contribution is 5.08. The molecule has 0 saturated carbocycles. The summed E-state index contributed by atoms with van der Waals surface area (Å²) in [5, 5.41) is 21.4. The van der Waals surface area contributed by atoms with Crippen LogP contribution in [0.25, 0.3) is 0 Å². The van der Waals surface area contributed by atoms with Crippen LogP contribution in [-0.4, -0.2) is 41.5 Å². The summed E-state index contributed by atoms with van der Waals surface area (Å²) in [5.41, 5.74) is 0.749. The van der Waals surface area contributed by atoms with E-state index in [0.29, 0.717) is 6.54 Å². The highest BCUT2D eigenvalue weighted by atomic mass is 16.3. The molecule has 1 aromatic heterocycles. The molecule has 0 amide bonds. The molecule has 16 heavy (non-hydrogen) atoms. The number of rotatable bonds is 7. The molecule has 3 N–H and O–H groups in total. The molecule has 0 spiro atoms. The Morgan fingerprint density at radius 2 is 2.12 bits per heavy atom. The molecule has 0 aliphatic heterocycles. The quantitative estimate of drug-likeness (QED) is 0.579. The number of aliphatic hydroxyl groups excluding tert-OH is 2. The van der Waals surface area contributed by atoms with Gasteiger partial charge in [0.25, 0.3) is 0 Å². The summed E-state index contributed by atoms with van der Waals surface area (Å²) in [6.07, 6.45) is 4.51. The van der Waals surface area contributed by atoms with Gasteiger partial charge in [0, 0.05) is 24.4 Å². The highest BCUT2D eigenvalue weighted by Crippen LogP contribution is 2.11. The van der Waals surface area contributed by atoms with Crippen LogP contribution in [0.1, 0.15) is 12.5 Å². The van der Waals surface area contributed by atoms with Crippen LogP contribution in [0.15, 0.2) is 24.5 Å². The Hall–Kier alpha value is -0.970. The normalized spacial score (nSPS) is 11.7. The Morgan fingerprint density at radius 3 is 2.69 bits per heavy atom. The van der Waals surface area contributed by atoms with Crippen molar-refractivity contribution in [2.75, 3.05) is 26.3 Å². The third-order valence-corrected chi connectivity index (χ3v) is 2.63. The van der Waals surface area contributed by atoms with E-state index >= 15 is 0 Å². The summed E-state index contributed by atoms with van der Waals surface area (Å²) in [5.74, 6) is 0. The summed E-state index contributed by atoms with van der Waals surface area (Å²) in [4.78, 5) is 4.04. The summed E-state index contributed by atoms with van der Waals surface area (Å²) < 4.78 is 0. The van der Waals surface area contributed by atoms with E-state index in [2.05, 4.69) is 10.3 Å². The molecular formula is C12H20N2O2. The second-order valence-electron chi connectivity index (χ2n) is 4.41. The van der Waals surface area contributed by atoms with E-state index in [9.17, 15) is 0 Å². The molecule has 0 radical (unpaired) electrons. The lowest BCUT2D eigenvalue weighted by Crippen LogP contribution is -2.38. The Balaban J connectivity index is 2.22.